The number of hydrogen-bond donors (Lipinski definition) is 4. The normalized spacial score (nSPS) is 24.0. The van der Waals surface area contributed by atoms with E-state index < -0.39 is 12.2 Å². The summed E-state index contributed by atoms with van der Waals surface area (Å²) >= 11 is 6.14. The minimum absolute atomic E-state index is 0.0186. The highest BCUT2D eigenvalue weighted by Gasteiger charge is 2.42. The maximum atomic E-state index is 12.9. The Labute approximate surface area is 222 Å². The highest BCUT2D eigenvalue weighted by atomic mass is 35.5. The van der Waals surface area contributed by atoms with Gasteiger partial charge in [0.25, 0.3) is 5.91 Å². The van der Waals surface area contributed by atoms with E-state index in [1.54, 1.807) is 0 Å². The first-order valence-electron chi connectivity index (χ1n) is 13.1. The van der Waals surface area contributed by atoms with Gasteiger partial charge in [-0.1, -0.05) is 30.5 Å². The number of aromatic hydroxyl groups is 1. The van der Waals surface area contributed by atoms with E-state index in [9.17, 15) is 20.1 Å². The first-order chi connectivity index (χ1) is 17.8. The summed E-state index contributed by atoms with van der Waals surface area (Å²) in [5.74, 6) is -0.192. The second-order valence-electron chi connectivity index (χ2n) is 10.5. The Morgan fingerprint density at radius 3 is 2.76 bits per heavy atom. The average Bonchev–Trinajstić information content (AvgIpc) is 3.22. The van der Waals surface area contributed by atoms with Crippen LogP contribution in [0.2, 0.25) is 5.02 Å². The fourth-order valence-corrected chi connectivity index (χ4v) is 6.01. The molecule has 5 rings (SSSR count). The van der Waals surface area contributed by atoms with Crippen LogP contribution in [-0.2, 0) is 16.9 Å². The Morgan fingerprint density at radius 2 is 1.97 bits per heavy atom. The van der Waals surface area contributed by atoms with Crippen LogP contribution in [0, 0.1) is 0 Å². The lowest BCUT2D eigenvalue weighted by molar-refractivity contribution is -0.0835. The molecule has 2 aromatic rings. The van der Waals surface area contributed by atoms with Gasteiger partial charge in [-0.2, -0.15) is 0 Å². The van der Waals surface area contributed by atoms with E-state index in [2.05, 4.69) is 16.3 Å². The monoisotopic (exact) mass is 530 g/mol. The van der Waals surface area contributed by atoms with Crippen molar-refractivity contribution >= 4 is 17.5 Å². The maximum absolute atomic E-state index is 12.9. The van der Waals surface area contributed by atoms with Gasteiger partial charge in [0.2, 0.25) is 0 Å². The molecule has 0 aromatic heterocycles. The number of amides is 1. The number of halogens is 1. The summed E-state index contributed by atoms with van der Waals surface area (Å²) in [6.45, 7) is 2.55. The summed E-state index contributed by atoms with van der Waals surface area (Å²) in [5, 5.41) is 34.5. The fraction of sp³-hybridized carbons (Fsp3) is 0.536. The summed E-state index contributed by atoms with van der Waals surface area (Å²) < 4.78 is 12.0. The number of hydrogen-bond acceptors (Lipinski definition) is 7. The summed E-state index contributed by atoms with van der Waals surface area (Å²) in [7, 11) is 0. The Kier molecular flexibility index (Phi) is 7.93. The smallest absolute Gasteiger partial charge is 0.255 e. The summed E-state index contributed by atoms with van der Waals surface area (Å²) in [6, 6.07) is 9.97. The number of ether oxygens (including phenoxy) is 2. The number of benzene rings is 2. The van der Waals surface area contributed by atoms with Crippen LogP contribution in [0.5, 0.6) is 11.5 Å². The number of carbonyl (C=O) groups excluding carboxylic acids is 1. The molecule has 1 saturated carbocycles. The van der Waals surface area contributed by atoms with Gasteiger partial charge in [0, 0.05) is 30.7 Å². The van der Waals surface area contributed by atoms with Gasteiger partial charge in [0.1, 0.15) is 24.2 Å². The van der Waals surface area contributed by atoms with Crippen molar-refractivity contribution in [3.8, 4) is 11.5 Å². The Morgan fingerprint density at radius 1 is 1.19 bits per heavy atom. The van der Waals surface area contributed by atoms with Gasteiger partial charge in [-0.25, -0.2) is 0 Å². The Bertz CT molecular complexity index is 1120. The van der Waals surface area contributed by atoms with E-state index in [1.807, 2.05) is 12.1 Å². The van der Waals surface area contributed by atoms with Gasteiger partial charge in [-0.05, 0) is 61.1 Å². The molecule has 37 heavy (non-hydrogen) atoms. The SMILES string of the molecule is O=C(NC1CCCCC1O)c1ccc(O)cc1OC[C@H](O)CN1CCC2(CC1)OCc1cc(Cl)ccc12. The number of phenolic OH excluding ortho intramolecular Hbond substituents is 1. The zero-order valence-corrected chi connectivity index (χ0v) is 21.6. The molecule has 1 spiro atoms. The van der Waals surface area contributed by atoms with Crippen LogP contribution in [0.4, 0.5) is 0 Å². The summed E-state index contributed by atoms with van der Waals surface area (Å²) in [5.41, 5.74) is 2.35. The number of likely N-dealkylation sites (tertiary alicyclic amines) is 1. The van der Waals surface area contributed by atoms with Gasteiger partial charge >= 0.3 is 0 Å². The van der Waals surface area contributed by atoms with Crippen LogP contribution in [-0.4, -0.2) is 70.6 Å². The molecule has 4 N–H and O–H groups in total. The molecule has 2 fully saturated rings. The standard InChI is InChI=1S/C28H35ClN2O6/c29-19-5-8-23-18(13-19)16-37-28(23)9-11-31(12-10-28)15-21(33)17-36-26-14-20(32)6-7-22(26)27(35)30-24-3-1-2-4-25(24)34/h5-8,13-14,21,24-25,32-34H,1-4,9-12,15-17H2,(H,30,35)/t21-,24?,25?/m1/s1. The summed E-state index contributed by atoms with van der Waals surface area (Å²) in [4.78, 5) is 15.1. The molecule has 2 heterocycles. The molecule has 2 aliphatic heterocycles. The topological polar surface area (TPSA) is 111 Å². The van der Waals surface area contributed by atoms with Crippen molar-refractivity contribution in [1.29, 1.82) is 0 Å². The Balaban J connectivity index is 1.14. The van der Waals surface area contributed by atoms with E-state index in [0.29, 0.717) is 19.6 Å². The molecular formula is C28H35ClN2O6. The number of aliphatic hydroxyl groups is 2. The first kappa shape index (κ1) is 26.3. The number of aliphatic hydroxyl groups excluding tert-OH is 2. The third-order valence-electron chi connectivity index (χ3n) is 7.88. The van der Waals surface area contributed by atoms with E-state index in [1.165, 1.54) is 23.8 Å². The highest BCUT2D eigenvalue weighted by molar-refractivity contribution is 6.30. The van der Waals surface area contributed by atoms with Crippen molar-refractivity contribution in [3.05, 3.63) is 58.1 Å². The van der Waals surface area contributed by atoms with Crippen molar-refractivity contribution in [2.75, 3.05) is 26.2 Å². The molecule has 2 unspecified atom stereocenters. The predicted octanol–water partition coefficient (Wildman–Crippen LogP) is 3.34. The average molecular weight is 531 g/mol. The fourth-order valence-electron chi connectivity index (χ4n) is 5.81. The predicted molar refractivity (Wildman–Crippen MR) is 139 cm³/mol. The summed E-state index contributed by atoms with van der Waals surface area (Å²) in [6.07, 6.45) is 3.62. The molecule has 2 aromatic carbocycles. The lowest BCUT2D eigenvalue weighted by Crippen LogP contribution is -2.46. The van der Waals surface area contributed by atoms with Gasteiger partial charge in [0.05, 0.1) is 29.9 Å². The molecule has 3 atom stereocenters. The molecule has 9 heteroatoms. The molecule has 200 valence electrons. The first-order valence-corrected chi connectivity index (χ1v) is 13.5. The van der Waals surface area contributed by atoms with Crippen molar-refractivity contribution in [3.63, 3.8) is 0 Å². The highest BCUT2D eigenvalue weighted by Crippen LogP contribution is 2.44. The van der Waals surface area contributed by atoms with Crippen molar-refractivity contribution in [2.24, 2.45) is 0 Å². The number of piperidine rings is 1. The van der Waals surface area contributed by atoms with Crippen LogP contribution < -0.4 is 10.1 Å². The molecule has 8 nitrogen and oxygen atoms in total. The number of rotatable bonds is 7. The number of nitrogens with one attached hydrogen (secondary N) is 1. The molecule has 1 amide bonds. The van der Waals surface area contributed by atoms with Crippen molar-refractivity contribution in [1.82, 2.24) is 10.2 Å². The minimum atomic E-state index is -0.775. The second kappa shape index (κ2) is 11.2. The van der Waals surface area contributed by atoms with Crippen LogP contribution in [0.25, 0.3) is 0 Å². The van der Waals surface area contributed by atoms with E-state index >= 15 is 0 Å². The van der Waals surface area contributed by atoms with E-state index in [4.69, 9.17) is 21.1 Å². The lowest BCUT2D eigenvalue weighted by Gasteiger charge is -2.39. The lowest BCUT2D eigenvalue weighted by atomic mass is 9.84. The minimum Gasteiger partial charge on any atom is -0.508 e. The number of nitrogens with zero attached hydrogens (tertiary/aromatic N) is 1. The molecular weight excluding hydrogens is 496 g/mol. The van der Waals surface area contributed by atoms with Gasteiger partial charge in [-0.3, -0.25) is 4.79 Å². The number of β-amino-alcohol motifs (C(OH)–C–C–N with tert-alkyl or cyclic N) is 1. The van der Waals surface area contributed by atoms with Crippen LogP contribution >= 0.6 is 11.6 Å². The zero-order chi connectivity index (χ0) is 26.0. The van der Waals surface area contributed by atoms with Gasteiger partial charge in [-0.15, -0.1) is 0 Å². The third kappa shape index (κ3) is 5.89. The van der Waals surface area contributed by atoms with Crippen LogP contribution in [0.1, 0.15) is 60.0 Å². The molecule has 1 saturated heterocycles. The number of carbonyl (C=O) groups is 1. The maximum Gasteiger partial charge on any atom is 0.255 e. The molecule has 0 radical (unpaired) electrons. The van der Waals surface area contributed by atoms with E-state index in [0.717, 1.165) is 55.8 Å². The number of phenols is 1. The molecule has 1 aliphatic carbocycles. The molecule has 3 aliphatic rings. The molecule has 0 bridgehead atoms. The van der Waals surface area contributed by atoms with Crippen molar-refractivity contribution < 1.29 is 29.6 Å². The van der Waals surface area contributed by atoms with E-state index in [-0.39, 0.29) is 41.2 Å². The largest absolute Gasteiger partial charge is 0.508 e. The third-order valence-corrected chi connectivity index (χ3v) is 8.12. The quantitative estimate of drug-likeness (QED) is 0.434. The number of fused-ring (bicyclic) bond motifs is 2. The van der Waals surface area contributed by atoms with Crippen LogP contribution in [0.15, 0.2) is 36.4 Å². The van der Waals surface area contributed by atoms with Crippen molar-refractivity contribution in [2.45, 2.75) is 69.0 Å². The van der Waals surface area contributed by atoms with Crippen LogP contribution in [0.3, 0.4) is 0 Å². The van der Waals surface area contributed by atoms with Gasteiger partial charge < -0.3 is 35.0 Å². The Hall–Kier alpha value is -2.36. The van der Waals surface area contributed by atoms with Gasteiger partial charge in [0.15, 0.2) is 0 Å². The second-order valence-corrected chi connectivity index (χ2v) is 10.9. The zero-order valence-electron chi connectivity index (χ0n) is 20.9.